The fourth-order valence-corrected chi connectivity index (χ4v) is 4.23. The van der Waals surface area contributed by atoms with Crippen LogP contribution in [0.15, 0.2) is 54.6 Å². The van der Waals surface area contributed by atoms with E-state index in [2.05, 4.69) is 0 Å². The number of carbonyl (C=O) groups excluding carboxylic acids is 3. The highest BCUT2D eigenvalue weighted by molar-refractivity contribution is 6.07. The Morgan fingerprint density at radius 2 is 1.87 bits per heavy atom. The van der Waals surface area contributed by atoms with E-state index in [4.69, 9.17) is 10.6 Å². The second-order valence-corrected chi connectivity index (χ2v) is 7.54. The molecule has 0 bridgehead atoms. The first-order valence-corrected chi connectivity index (χ1v) is 9.77. The molecule has 2 heterocycles. The second kappa shape index (κ2) is 7.97. The highest BCUT2D eigenvalue weighted by Gasteiger charge is 2.60. The van der Waals surface area contributed by atoms with Crippen molar-refractivity contribution in [1.29, 1.82) is 0 Å². The zero-order chi connectivity index (χ0) is 21.4. The summed E-state index contributed by atoms with van der Waals surface area (Å²) in [7, 11) is 0. The summed E-state index contributed by atoms with van der Waals surface area (Å²) in [6.45, 7) is 1.88. The van der Waals surface area contributed by atoms with E-state index in [9.17, 15) is 18.8 Å². The van der Waals surface area contributed by atoms with E-state index in [1.807, 2.05) is 30.3 Å². The summed E-state index contributed by atoms with van der Waals surface area (Å²) in [6, 6.07) is 13.9. The zero-order valence-corrected chi connectivity index (χ0v) is 16.4. The molecule has 2 aromatic rings. The molecule has 0 saturated carbocycles. The van der Waals surface area contributed by atoms with Crippen molar-refractivity contribution in [3.05, 3.63) is 71.5 Å². The molecule has 0 aliphatic carbocycles. The lowest BCUT2D eigenvalue weighted by atomic mass is 9.90. The van der Waals surface area contributed by atoms with Crippen molar-refractivity contribution in [3.63, 3.8) is 0 Å². The van der Waals surface area contributed by atoms with Crippen LogP contribution >= 0.6 is 0 Å². The summed E-state index contributed by atoms with van der Waals surface area (Å²) < 4.78 is 13.9. The Hall–Kier alpha value is -3.10. The summed E-state index contributed by atoms with van der Waals surface area (Å²) in [5.41, 5.74) is 6.58. The Morgan fingerprint density at radius 1 is 1.13 bits per heavy atom. The van der Waals surface area contributed by atoms with E-state index < -0.39 is 41.7 Å². The van der Waals surface area contributed by atoms with Gasteiger partial charge in [0.05, 0.1) is 18.0 Å². The Kier molecular flexibility index (Phi) is 5.36. The quantitative estimate of drug-likeness (QED) is 0.735. The van der Waals surface area contributed by atoms with Gasteiger partial charge in [0.1, 0.15) is 5.82 Å². The second-order valence-electron chi connectivity index (χ2n) is 7.54. The van der Waals surface area contributed by atoms with Gasteiger partial charge in [-0.3, -0.25) is 24.1 Å². The molecule has 2 aliphatic rings. The molecule has 4 unspecified atom stereocenters. The van der Waals surface area contributed by atoms with Crippen molar-refractivity contribution in [2.75, 3.05) is 6.54 Å². The van der Waals surface area contributed by atoms with Crippen LogP contribution in [0.2, 0.25) is 0 Å². The van der Waals surface area contributed by atoms with Crippen LogP contribution in [0, 0.1) is 11.7 Å². The number of imide groups is 1. The summed E-state index contributed by atoms with van der Waals surface area (Å²) >= 11 is 0. The fraction of sp³-hybridized carbons (Fsp3) is 0.318. The van der Waals surface area contributed by atoms with E-state index in [-0.39, 0.29) is 18.9 Å². The molecule has 0 spiro atoms. The average molecular weight is 411 g/mol. The van der Waals surface area contributed by atoms with Gasteiger partial charge in [-0.05, 0) is 30.2 Å². The minimum atomic E-state index is -1.02. The van der Waals surface area contributed by atoms with Gasteiger partial charge < -0.3 is 5.73 Å². The van der Waals surface area contributed by atoms with Crippen LogP contribution < -0.4 is 5.73 Å². The molecule has 7 nitrogen and oxygen atoms in total. The lowest BCUT2D eigenvalue weighted by Gasteiger charge is -2.29. The van der Waals surface area contributed by atoms with Crippen molar-refractivity contribution in [2.24, 2.45) is 11.7 Å². The molecule has 2 aromatic carbocycles. The van der Waals surface area contributed by atoms with Gasteiger partial charge in [-0.2, -0.15) is 5.06 Å². The van der Waals surface area contributed by atoms with Gasteiger partial charge in [0, 0.05) is 13.0 Å². The molecule has 2 saturated heterocycles. The Bertz CT molecular complexity index is 983. The predicted molar refractivity (Wildman–Crippen MR) is 105 cm³/mol. The maximum Gasteiger partial charge on any atom is 0.261 e. The standard InChI is InChI=1S/C22H22FN3O4/c1-13(14-6-3-2-4-7-14)26-21(28)18-19(15-8-5-9-16(23)12-15)25(11-10-17(24)27)30-20(18)22(26)29/h2-9,12-13,18-20H,10-11H2,1H3,(H2,24,27). The lowest BCUT2D eigenvalue weighted by molar-refractivity contribution is -0.181. The van der Waals surface area contributed by atoms with E-state index in [1.54, 1.807) is 13.0 Å². The highest BCUT2D eigenvalue weighted by Crippen LogP contribution is 2.46. The van der Waals surface area contributed by atoms with Gasteiger partial charge in [-0.15, -0.1) is 0 Å². The third kappa shape index (κ3) is 3.48. The van der Waals surface area contributed by atoms with Crippen molar-refractivity contribution < 1.29 is 23.6 Å². The van der Waals surface area contributed by atoms with Crippen LogP contribution in [-0.2, 0) is 19.2 Å². The van der Waals surface area contributed by atoms with Gasteiger partial charge in [0.25, 0.3) is 5.91 Å². The summed E-state index contributed by atoms with van der Waals surface area (Å²) in [6.07, 6.45) is -1.04. The molecule has 0 aromatic heterocycles. The average Bonchev–Trinajstić information content (AvgIpc) is 3.22. The Balaban J connectivity index is 1.68. The van der Waals surface area contributed by atoms with Crippen LogP contribution in [0.1, 0.15) is 36.6 Å². The van der Waals surface area contributed by atoms with Crippen molar-refractivity contribution in [3.8, 4) is 0 Å². The number of hydrogen-bond acceptors (Lipinski definition) is 5. The third-order valence-corrected chi connectivity index (χ3v) is 5.67. The summed E-state index contributed by atoms with van der Waals surface area (Å²) in [4.78, 5) is 44.8. The maximum absolute atomic E-state index is 13.9. The molecule has 156 valence electrons. The number of primary amides is 1. The number of nitrogens with zero attached hydrogens (tertiary/aromatic N) is 2. The van der Waals surface area contributed by atoms with Gasteiger partial charge in [0.15, 0.2) is 6.10 Å². The molecular weight excluding hydrogens is 389 g/mol. The van der Waals surface area contributed by atoms with Gasteiger partial charge in [-0.25, -0.2) is 4.39 Å². The van der Waals surface area contributed by atoms with Gasteiger partial charge in [-0.1, -0.05) is 42.5 Å². The van der Waals surface area contributed by atoms with Crippen LogP contribution in [0.3, 0.4) is 0 Å². The molecule has 30 heavy (non-hydrogen) atoms. The number of hydrogen-bond donors (Lipinski definition) is 1. The Labute approximate surface area is 173 Å². The molecular formula is C22H22FN3O4. The SMILES string of the molecule is CC(c1ccccc1)N1C(=O)C2ON(CCC(N)=O)C(c3cccc(F)c3)C2C1=O. The van der Waals surface area contributed by atoms with Crippen LogP contribution in [0.5, 0.6) is 0 Å². The van der Waals surface area contributed by atoms with E-state index in [0.29, 0.717) is 5.56 Å². The first-order chi connectivity index (χ1) is 14.4. The first-order valence-electron chi connectivity index (χ1n) is 9.77. The molecule has 2 N–H and O–H groups in total. The monoisotopic (exact) mass is 411 g/mol. The summed E-state index contributed by atoms with van der Waals surface area (Å²) in [5.74, 6) is -2.65. The lowest BCUT2D eigenvalue weighted by Crippen LogP contribution is -2.39. The number of hydroxylamine groups is 2. The van der Waals surface area contributed by atoms with E-state index in [0.717, 1.165) is 5.56 Å². The number of nitrogens with two attached hydrogens (primary N) is 1. The normalized spacial score (nSPS) is 24.9. The molecule has 4 atom stereocenters. The molecule has 2 aliphatic heterocycles. The molecule has 2 fully saturated rings. The van der Waals surface area contributed by atoms with Crippen LogP contribution in [0.4, 0.5) is 4.39 Å². The maximum atomic E-state index is 13.9. The number of benzene rings is 2. The Morgan fingerprint density at radius 3 is 2.53 bits per heavy atom. The number of rotatable bonds is 6. The summed E-state index contributed by atoms with van der Waals surface area (Å²) in [5, 5.41) is 1.41. The minimum absolute atomic E-state index is 0.0161. The van der Waals surface area contributed by atoms with Crippen LogP contribution in [-0.4, -0.2) is 40.3 Å². The largest absolute Gasteiger partial charge is 0.370 e. The van der Waals surface area contributed by atoms with E-state index in [1.165, 1.54) is 28.2 Å². The smallest absolute Gasteiger partial charge is 0.261 e. The minimum Gasteiger partial charge on any atom is -0.370 e. The van der Waals surface area contributed by atoms with Gasteiger partial charge >= 0.3 is 0 Å². The molecule has 4 rings (SSSR count). The molecule has 8 heteroatoms. The van der Waals surface area contributed by atoms with Crippen molar-refractivity contribution in [2.45, 2.75) is 31.5 Å². The first kappa shape index (κ1) is 20.2. The topological polar surface area (TPSA) is 92.9 Å². The van der Waals surface area contributed by atoms with Gasteiger partial charge in [0.2, 0.25) is 11.8 Å². The number of likely N-dealkylation sites (tertiary alicyclic amines) is 1. The van der Waals surface area contributed by atoms with E-state index >= 15 is 0 Å². The number of halogens is 1. The number of fused-ring (bicyclic) bond motifs is 1. The fourth-order valence-electron chi connectivity index (χ4n) is 4.23. The molecule has 0 radical (unpaired) electrons. The highest BCUT2D eigenvalue weighted by atomic mass is 19.1. The van der Waals surface area contributed by atoms with Crippen molar-refractivity contribution in [1.82, 2.24) is 9.96 Å². The molecule has 3 amide bonds. The van der Waals surface area contributed by atoms with Crippen molar-refractivity contribution >= 4 is 17.7 Å². The van der Waals surface area contributed by atoms with Crippen LogP contribution in [0.25, 0.3) is 0 Å². The number of amides is 3. The zero-order valence-electron chi connectivity index (χ0n) is 16.4. The number of carbonyl (C=O) groups is 3. The predicted octanol–water partition coefficient (Wildman–Crippen LogP) is 2.10. The third-order valence-electron chi connectivity index (χ3n) is 5.67.